The Morgan fingerprint density at radius 3 is 2.24 bits per heavy atom. The van der Waals surface area contributed by atoms with Gasteiger partial charge in [-0.05, 0) is 66.1 Å². The summed E-state index contributed by atoms with van der Waals surface area (Å²) >= 11 is 6.20. The van der Waals surface area contributed by atoms with Crippen LogP contribution in [0.1, 0.15) is 38.3 Å². The van der Waals surface area contributed by atoms with Crippen molar-refractivity contribution in [1.82, 2.24) is 4.90 Å². The molecule has 0 saturated heterocycles. The van der Waals surface area contributed by atoms with Gasteiger partial charge in [0.25, 0.3) is 0 Å². The SMILES string of the molecule is CC(=O)Nc1ccc(S(=O)(=O)Oc2ccc(Cl)cc2CN(Cc2ccc(F)cc2)C(=O)CC(C)C)cc1. The monoisotopic (exact) mass is 546 g/mol. The van der Waals surface area contributed by atoms with E-state index >= 15 is 0 Å². The molecule has 0 bridgehead atoms. The van der Waals surface area contributed by atoms with E-state index in [1.165, 1.54) is 55.5 Å². The van der Waals surface area contributed by atoms with Crippen LogP contribution < -0.4 is 9.50 Å². The summed E-state index contributed by atoms with van der Waals surface area (Å²) in [4.78, 5) is 25.7. The topological polar surface area (TPSA) is 92.8 Å². The third-order valence-electron chi connectivity index (χ3n) is 5.27. The molecule has 3 aromatic rings. The Kier molecular flexibility index (Phi) is 9.29. The van der Waals surface area contributed by atoms with Gasteiger partial charge in [0, 0.05) is 42.7 Å². The first-order valence-electron chi connectivity index (χ1n) is 11.6. The highest BCUT2D eigenvalue weighted by Gasteiger charge is 2.22. The molecule has 0 atom stereocenters. The summed E-state index contributed by atoms with van der Waals surface area (Å²) in [5.41, 5.74) is 1.55. The summed E-state index contributed by atoms with van der Waals surface area (Å²) in [5.74, 6) is -0.697. The van der Waals surface area contributed by atoms with E-state index < -0.39 is 10.1 Å². The molecule has 0 aliphatic heterocycles. The number of halogens is 2. The molecule has 10 heteroatoms. The lowest BCUT2D eigenvalue weighted by Gasteiger charge is -2.25. The van der Waals surface area contributed by atoms with Crippen LogP contribution in [0.4, 0.5) is 10.1 Å². The van der Waals surface area contributed by atoms with Crippen molar-refractivity contribution >= 4 is 39.2 Å². The summed E-state index contributed by atoms with van der Waals surface area (Å²) in [7, 11) is -4.23. The van der Waals surface area contributed by atoms with E-state index in [4.69, 9.17) is 15.8 Å². The number of anilines is 1. The molecular weight excluding hydrogens is 519 g/mol. The van der Waals surface area contributed by atoms with Crippen molar-refractivity contribution < 1.29 is 26.6 Å². The van der Waals surface area contributed by atoms with E-state index in [1.807, 2.05) is 13.8 Å². The van der Waals surface area contributed by atoms with Gasteiger partial charge in [-0.25, -0.2) is 4.39 Å². The number of carbonyl (C=O) groups is 2. The lowest BCUT2D eigenvalue weighted by atomic mass is 10.1. The Balaban J connectivity index is 1.89. The molecule has 0 fully saturated rings. The first-order chi connectivity index (χ1) is 17.4. The zero-order chi connectivity index (χ0) is 27.2. The average Bonchev–Trinajstić information content (AvgIpc) is 2.81. The highest BCUT2D eigenvalue weighted by atomic mass is 35.5. The van der Waals surface area contributed by atoms with Crippen LogP contribution in [0.3, 0.4) is 0 Å². The van der Waals surface area contributed by atoms with Gasteiger partial charge < -0.3 is 14.4 Å². The highest BCUT2D eigenvalue weighted by Crippen LogP contribution is 2.29. The lowest BCUT2D eigenvalue weighted by molar-refractivity contribution is -0.133. The maximum absolute atomic E-state index is 13.4. The smallest absolute Gasteiger partial charge is 0.339 e. The summed E-state index contributed by atoms with van der Waals surface area (Å²) < 4.78 is 44.9. The van der Waals surface area contributed by atoms with E-state index in [-0.39, 0.29) is 53.7 Å². The van der Waals surface area contributed by atoms with Crippen molar-refractivity contribution in [3.05, 3.63) is 88.7 Å². The molecular formula is C27H28ClFN2O5S. The van der Waals surface area contributed by atoms with Crippen LogP contribution in [-0.4, -0.2) is 25.1 Å². The van der Waals surface area contributed by atoms with Crippen LogP contribution >= 0.6 is 11.6 Å². The number of carbonyl (C=O) groups excluding carboxylic acids is 2. The second kappa shape index (κ2) is 12.2. The van der Waals surface area contributed by atoms with Gasteiger partial charge in [-0.3, -0.25) is 9.59 Å². The maximum Gasteiger partial charge on any atom is 0.339 e. The normalized spacial score (nSPS) is 11.3. The molecule has 0 radical (unpaired) electrons. The molecule has 0 aliphatic rings. The van der Waals surface area contributed by atoms with E-state index in [2.05, 4.69) is 5.32 Å². The van der Waals surface area contributed by atoms with E-state index in [0.717, 1.165) is 5.56 Å². The van der Waals surface area contributed by atoms with Gasteiger partial charge in [0.15, 0.2) is 0 Å². The van der Waals surface area contributed by atoms with Crippen molar-refractivity contribution in [2.45, 2.75) is 45.2 Å². The van der Waals surface area contributed by atoms with Crippen molar-refractivity contribution in [1.29, 1.82) is 0 Å². The fraction of sp³-hybridized carbons (Fsp3) is 0.259. The zero-order valence-corrected chi connectivity index (χ0v) is 22.3. The molecule has 0 aliphatic carbocycles. The molecule has 0 saturated carbocycles. The van der Waals surface area contributed by atoms with Gasteiger partial charge in [-0.1, -0.05) is 37.6 Å². The van der Waals surface area contributed by atoms with Crippen molar-refractivity contribution in [2.24, 2.45) is 5.92 Å². The first kappa shape index (κ1) is 28.1. The maximum atomic E-state index is 13.4. The van der Waals surface area contributed by atoms with E-state index in [0.29, 0.717) is 16.3 Å². The van der Waals surface area contributed by atoms with Crippen LogP contribution in [0.5, 0.6) is 5.75 Å². The number of rotatable bonds is 10. The second-order valence-electron chi connectivity index (χ2n) is 8.97. The van der Waals surface area contributed by atoms with E-state index in [9.17, 15) is 22.4 Å². The third kappa shape index (κ3) is 8.30. The predicted molar refractivity (Wildman–Crippen MR) is 140 cm³/mol. The van der Waals surface area contributed by atoms with Gasteiger partial charge in [-0.15, -0.1) is 0 Å². The Bertz CT molecular complexity index is 1360. The molecule has 0 spiro atoms. The minimum absolute atomic E-state index is 0.0236. The fourth-order valence-electron chi connectivity index (χ4n) is 3.55. The fourth-order valence-corrected chi connectivity index (χ4v) is 4.71. The number of hydrogen-bond donors (Lipinski definition) is 1. The summed E-state index contributed by atoms with van der Waals surface area (Å²) in [6.07, 6.45) is 0.275. The quantitative estimate of drug-likeness (QED) is 0.325. The van der Waals surface area contributed by atoms with Crippen LogP contribution in [-0.2, 0) is 32.8 Å². The number of hydrogen-bond acceptors (Lipinski definition) is 5. The molecule has 196 valence electrons. The molecule has 0 aromatic heterocycles. The third-order valence-corrected chi connectivity index (χ3v) is 6.75. The molecule has 37 heavy (non-hydrogen) atoms. The molecule has 0 unspecified atom stereocenters. The van der Waals surface area contributed by atoms with Crippen LogP contribution in [0.15, 0.2) is 71.6 Å². The highest BCUT2D eigenvalue weighted by molar-refractivity contribution is 7.87. The van der Waals surface area contributed by atoms with Crippen molar-refractivity contribution in [3.63, 3.8) is 0 Å². The molecule has 3 rings (SSSR count). The number of amides is 2. The van der Waals surface area contributed by atoms with Gasteiger partial charge >= 0.3 is 10.1 Å². The van der Waals surface area contributed by atoms with Gasteiger partial charge in [-0.2, -0.15) is 8.42 Å². The standard InChI is InChI=1S/C27H28ClFN2O5S/c1-18(2)14-27(33)31(16-20-4-7-23(29)8-5-20)17-21-15-22(28)6-13-26(21)36-37(34,35)25-11-9-24(10-12-25)30-19(3)32/h4-13,15,18H,14,16-17H2,1-3H3,(H,30,32). The van der Waals surface area contributed by atoms with Crippen molar-refractivity contribution in [3.8, 4) is 5.75 Å². The summed E-state index contributed by atoms with van der Waals surface area (Å²) in [6.45, 7) is 5.41. The Morgan fingerprint density at radius 2 is 1.65 bits per heavy atom. The van der Waals surface area contributed by atoms with Gasteiger partial charge in [0.05, 0.1) is 0 Å². The number of nitrogens with one attached hydrogen (secondary N) is 1. The van der Waals surface area contributed by atoms with Gasteiger partial charge in [0.2, 0.25) is 11.8 Å². The molecule has 2 amide bonds. The first-order valence-corrected chi connectivity index (χ1v) is 13.3. The predicted octanol–water partition coefficient (Wildman–Crippen LogP) is 5.78. The Hall–Kier alpha value is -3.43. The van der Waals surface area contributed by atoms with Crippen molar-refractivity contribution in [2.75, 3.05) is 5.32 Å². The van der Waals surface area contributed by atoms with Crippen LogP contribution in [0.2, 0.25) is 5.02 Å². The summed E-state index contributed by atoms with van der Waals surface area (Å²) in [6, 6.07) is 15.9. The second-order valence-corrected chi connectivity index (χ2v) is 11.0. The summed E-state index contributed by atoms with van der Waals surface area (Å²) in [5, 5.41) is 2.91. The molecule has 3 aromatic carbocycles. The van der Waals surface area contributed by atoms with Crippen LogP contribution in [0.25, 0.3) is 0 Å². The average molecular weight is 547 g/mol. The zero-order valence-electron chi connectivity index (χ0n) is 20.7. The number of nitrogens with zero attached hydrogens (tertiary/aromatic N) is 1. The van der Waals surface area contributed by atoms with E-state index in [1.54, 1.807) is 23.1 Å². The minimum Gasteiger partial charge on any atom is -0.379 e. The molecule has 0 heterocycles. The Labute approximate surface area is 221 Å². The largest absolute Gasteiger partial charge is 0.379 e. The molecule has 1 N–H and O–H groups in total. The van der Waals surface area contributed by atoms with Gasteiger partial charge in [0.1, 0.15) is 16.5 Å². The lowest BCUT2D eigenvalue weighted by Crippen LogP contribution is -2.31. The van der Waals surface area contributed by atoms with Crippen LogP contribution in [0, 0.1) is 11.7 Å². The number of benzene rings is 3. The Morgan fingerprint density at radius 1 is 1.00 bits per heavy atom. The molecule has 7 nitrogen and oxygen atoms in total. The minimum atomic E-state index is -4.23.